The number of benzene rings is 1. The van der Waals surface area contributed by atoms with Crippen molar-refractivity contribution in [2.45, 2.75) is 39.9 Å². The van der Waals surface area contributed by atoms with E-state index in [1.54, 1.807) is 12.1 Å². The second-order valence-corrected chi connectivity index (χ2v) is 6.42. The minimum Gasteiger partial charge on any atom is -0.307 e. The van der Waals surface area contributed by atoms with Gasteiger partial charge in [-0.2, -0.15) is 5.10 Å². The highest BCUT2D eigenvalue weighted by molar-refractivity contribution is 9.10. The summed E-state index contributed by atoms with van der Waals surface area (Å²) in [5, 5.41) is 7.84. The fraction of sp³-hybridized carbons (Fsp3) is 0.400. The topological polar surface area (TPSA) is 29.9 Å². The van der Waals surface area contributed by atoms with Crippen LogP contribution in [0, 0.1) is 5.82 Å². The lowest BCUT2D eigenvalue weighted by Crippen LogP contribution is -2.17. The summed E-state index contributed by atoms with van der Waals surface area (Å²) in [5.41, 5.74) is 2.81. The molecule has 3 nitrogen and oxygen atoms in total. The second-order valence-electron chi connectivity index (χ2n) is 4.72. The predicted octanol–water partition coefficient (Wildman–Crippen LogP) is 4.42. The third-order valence-electron chi connectivity index (χ3n) is 3.31. The number of rotatable bonds is 6. The normalized spacial score (nSPS) is 11.1. The molecule has 0 atom stereocenters. The molecular weight excluding hydrogens is 401 g/mol. The molecule has 6 heteroatoms. The number of aryl methyl sites for hydroxylation is 2. The van der Waals surface area contributed by atoms with Gasteiger partial charge in [0.05, 0.1) is 15.9 Å². The number of hydrogen-bond donors (Lipinski definition) is 1. The first-order valence-electron chi connectivity index (χ1n) is 6.95. The molecule has 1 aromatic heterocycles. The standard InChI is InChI=1S/C15H18Br2FN3/c1-3-13-15(17)14(21(4-2)20-13)9-19-8-10-7-11(16)5-6-12(10)18/h5-7,19H,3-4,8-9H2,1-2H3. The van der Waals surface area contributed by atoms with Gasteiger partial charge in [-0.15, -0.1) is 0 Å². The average molecular weight is 419 g/mol. The summed E-state index contributed by atoms with van der Waals surface area (Å²) in [5.74, 6) is -0.192. The molecule has 2 rings (SSSR count). The van der Waals surface area contributed by atoms with Crippen LogP contribution in [0.3, 0.4) is 0 Å². The van der Waals surface area contributed by atoms with Crippen LogP contribution in [-0.2, 0) is 26.1 Å². The number of halogens is 3. The summed E-state index contributed by atoms with van der Waals surface area (Å²) in [7, 11) is 0. The van der Waals surface area contributed by atoms with Gasteiger partial charge in [0, 0.05) is 29.7 Å². The maximum Gasteiger partial charge on any atom is 0.127 e. The van der Waals surface area contributed by atoms with Crippen LogP contribution in [0.4, 0.5) is 4.39 Å². The molecule has 1 N–H and O–H groups in total. The maximum absolute atomic E-state index is 13.7. The van der Waals surface area contributed by atoms with Gasteiger partial charge in [0.25, 0.3) is 0 Å². The zero-order valence-electron chi connectivity index (χ0n) is 12.1. The van der Waals surface area contributed by atoms with Gasteiger partial charge >= 0.3 is 0 Å². The van der Waals surface area contributed by atoms with Crippen molar-refractivity contribution in [1.29, 1.82) is 0 Å². The number of aromatic nitrogens is 2. The van der Waals surface area contributed by atoms with E-state index in [-0.39, 0.29) is 5.82 Å². The van der Waals surface area contributed by atoms with Gasteiger partial charge in [0.1, 0.15) is 5.82 Å². The van der Waals surface area contributed by atoms with E-state index in [1.807, 2.05) is 4.68 Å². The van der Waals surface area contributed by atoms with Gasteiger partial charge in [-0.05, 0) is 47.5 Å². The lowest BCUT2D eigenvalue weighted by Gasteiger charge is -2.09. The number of nitrogens with one attached hydrogen (secondary N) is 1. The van der Waals surface area contributed by atoms with Crippen LogP contribution in [0.15, 0.2) is 27.1 Å². The molecule has 0 radical (unpaired) electrons. The predicted molar refractivity (Wildman–Crippen MR) is 89.6 cm³/mol. The van der Waals surface area contributed by atoms with Crippen molar-refractivity contribution in [3.63, 3.8) is 0 Å². The fourth-order valence-electron chi connectivity index (χ4n) is 2.18. The Balaban J connectivity index is 2.06. The summed E-state index contributed by atoms with van der Waals surface area (Å²) in [6.07, 6.45) is 0.890. The van der Waals surface area contributed by atoms with Crippen LogP contribution in [0.1, 0.15) is 30.8 Å². The van der Waals surface area contributed by atoms with Crippen molar-refractivity contribution >= 4 is 31.9 Å². The molecule has 0 aliphatic heterocycles. The van der Waals surface area contributed by atoms with Crippen molar-refractivity contribution in [1.82, 2.24) is 15.1 Å². The number of nitrogens with zero attached hydrogens (tertiary/aromatic N) is 2. The van der Waals surface area contributed by atoms with Gasteiger partial charge in [0.15, 0.2) is 0 Å². The molecule has 0 saturated heterocycles. The molecule has 1 aromatic carbocycles. The minimum absolute atomic E-state index is 0.192. The van der Waals surface area contributed by atoms with Crippen molar-refractivity contribution in [3.05, 3.63) is 49.9 Å². The van der Waals surface area contributed by atoms with E-state index in [1.165, 1.54) is 6.07 Å². The molecule has 0 aliphatic rings. The van der Waals surface area contributed by atoms with Gasteiger partial charge in [-0.3, -0.25) is 4.68 Å². The Morgan fingerprint density at radius 1 is 1.24 bits per heavy atom. The van der Waals surface area contributed by atoms with Crippen LogP contribution in [0.25, 0.3) is 0 Å². The van der Waals surface area contributed by atoms with Crippen LogP contribution in [-0.4, -0.2) is 9.78 Å². The van der Waals surface area contributed by atoms with Crippen molar-refractivity contribution in [3.8, 4) is 0 Å². The van der Waals surface area contributed by atoms with Gasteiger partial charge in [-0.1, -0.05) is 22.9 Å². The van der Waals surface area contributed by atoms with Crippen LogP contribution in [0.5, 0.6) is 0 Å². The number of hydrogen-bond acceptors (Lipinski definition) is 2. The quantitative estimate of drug-likeness (QED) is 0.752. The average Bonchev–Trinajstić information content (AvgIpc) is 2.79. The SMILES string of the molecule is CCc1nn(CC)c(CNCc2cc(Br)ccc2F)c1Br. The highest BCUT2D eigenvalue weighted by Crippen LogP contribution is 2.22. The zero-order valence-corrected chi connectivity index (χ0v) is 15.3. The first kappa shape index (κ1) is 16.6. The molecule has 0 saturated carbocycles. The minimum atomic E-state index is -0.192. The molecule has 0 bridgehead atoms. The lowest BCUT2D eigenvalue weighted by molar-refractivity contribution is 0.558. The Kier molecular flexibility index (Phi) is 5.96. The van der Waals surface area contributed by atoms with Crippen molar-refractivity contribution in [2.75, 3.05) is 0 Å². The van der Waals surface area contributed by atoms with Gasteiger partial charge in [0.2, 0.25) is 0 Å². The van der Waals surface area contributed by atoms with E-state index in [0.29, 0.717) is 18.7 Å². The van der Waals surface area contributed by atoms with E-state index in [2.05, 4.69) is 56.1 Å². The zero-order chi connectivity index (χ0) is 15.4. The molecule has 0 fully saturated rings. The molecule has 0 amide bonds. The summed E-state index contributed by atoms with van der Waals surface area (Å²) in [6, 6.07) is 4.98. The largest absolute Gasteiger partial charge is 0.307 e. The summed E-state index contributed by atoms with van der Waals surface area (Å²) < 4.78 is 17.6. The Morgan fingerprint density at radius 2 is 2.00 bits per heavy atom. The van der Waals surface area contributed by atoms with Crippen molar-refractivity contribution in [2.24, 2.45) is 0 Å². The molecule has 21 heavy (non-hydrogen) atoms. The Labute approximate surface area is 141 Å². The highest BCUT2D eigenvalue weighted by Gasteiger charge is 2.13. The molecule has 2 aromatic rings. The molecule has 0 spiro atoms. The van der Waals surface area contributed by atoms with Crippen LogP contribution in [0.2, 0.25) is 0 Å². The van der Waals surface area contributed by atoms with E-state index in [0.717, 1.165) is 33.3 Å². The van der Waals surface area contributed by atoms with E-state index >= 15 is 0 Å². The van der Waals surface area contributed by atoms with Crippen molar-refractivity contribution < 1.29 is 4.39 Å². The third kappa shape index (κ3) is 3.93. The smallest absolute Gasteiger partial charge is 0.127 e. The highest BCUT2D eigenvalue weighted by atomic mass is 79.9. The van der Waals surface area contributed by atoms with Gasteiger partial charge < -0.3 is 5.32 Å². The van der Waals surface area contributed by atoms with E-state index < -0.39 is 0 Å². The Hall–Kier alpha value is -0.720. The molecule has 0 unspecified atom stereocenters. The summed E-state index contributed by atoms with van der Waals surface area (Å²) in [4.78, 5) is 0. The van der Waals surface area contributed by atoms with E-state index in [9.17, 15) is 4.39 Å². The summed E-state index contributed by atoms with van der Waals surface area (Å²) in [6.45, 7) is 6.10. The molecule has 0 aliphatic carbocycles. The lowest BCUT2D eigenvalue weighted by atomic mass is 10.2. The molecule has 1 heterocycles. The Morgan fingerprint density at radius 3 is 2.67 bits per heavy atom. The molecule has 114 valence electrons. The fourth-order valence-corrected chi connectivity index (χ4v) is 3.29. The van der Waals surface area contributed by atoms with E-state index in [4.69, 9.17) is 0 Å². The molecular formula is C15H18Br2FN3. The van der Waals surface area contributed by atoms with Gasteiger partial charge in [-0.25, -0.2) is 4.39 Å². The second kappa shape index (κ2) is 7.51. The Bertz CT molecular complexity index is 626. The van der Waals surface area contributed by atoms with Crippen LogP contribution < -0.4 is 5.32 Å². The maximum atomic E-state index is 13.7. The third-order valence-corrected chi connectivity index (χ3v) is 4.72. The first-order chi connectivity index (χ1) is 10.1. The summed E-state index contributed by atoms with van der Waals surface area (Å²) >= 11 is 6.97. The monoisotopic (exact) mass is 417 g/mol. The van der Waals surface area contributed by atoms with Crippen LogP contribution >= 0.6 is 31.9 Å². The first-order valence-corrected chi connectivity index (χ1v) is 8.54.